The van der Waals surface area contributed by atoms with Gasteiger partial charge in [0.1, 0.15) is 11.6 Å². The Morgan fingerprint density at radius 2 is 1.95 bits per heavy atom. The molecular weight excluding hydrogens is 260 g/mol. The lowest BCUT2D eigenvalue weighted by Crippen LogP contribution is -2.36. The van der Waals surface area contributed by atoms with Gasteiger partial charge in [-0.2, -0.15) is 5.26 Å². The first-order chi connectivity index (χ1) is 10.2. The highest BCUT2D eigenvalue weighted by Crippen LogP contribution is 2.18. The Morgan fingerprint density at radius 1 is 1.29 bits per heavy atom. The van der Waals surface area contributed by atoms with Crippen molar-refractivity contribution < 1.29 is 4.79 Å². The van der Waals surface area contributed by atoms with Crippen LogP contribution in [0, 0.1) is 11.3 Å². The summed E-state index contributed by atoms with van der Waals surface area (Å²) in [7, 11) is 0. The molecule has 1 aromatic carbocycles. The summed E-state index contributed by atoms with van der Waals surface area (Å²) in [5.41, 5.74) is 2.32. The molecule has 0 radical (unpaired) electrons. The van der Waals surface area contributed by atoms with Crippen LogP contribution in [0.5, 0.6) is 0 Å². The first kappa shape index (κ1) is 15.3. The Morgan fingerprint density at radius 3 is 2.52 bits per heavy atom. The van der Waals surface area contributed by atoms with Gasteiger partial charge in [-0.1, -0.05) is 50.5 Å². The fraction of sp³-hybridized carbons (Fsp3) is 0.444. The number of hydrogen-bond donors (Lipinski definition) is 1. The number of benzene rings is 1. The summed E-state index contributed by atoms with van der Waals surface area (Å²) in [5.74, 6) is -0.246. The first-order valence-corrected chi connectivity index (χ1v) is 7.74. The van der Waals surface area contributed by atoms with Gasteiger partial charge in [-0.15, -0.1) is 0 Å². The van der Waals surface area contributed by atoms with Gasteiger partial charge >= 0.3 is 0 Å². The third-order valence-electron chi connectivity index (χ3n) is 4.00. The van der Waals surface area contributed by atoms with E-state index in [2.05, 4.69) is 12.2 Å². The lowest BCUT2D eigenvalue weighted by atomic mass is 9.95. The van der Waals surface area contributed by atoms with Gasteiger partial charge in [0.15, 0.2) is 0 Å². The Bertz CT molecular complexity index is 546. The van der Waals surface area contributed by atoms with Gasteiger partial charge in [0.2, 0.25) is 0 Å². The topological polar surface area (TPSA) is 52.9 Å². The van der Waals surface area contributed by atoms with Crippen LogP contribution in [0.25, 0.3) is 6.08 Å². The highest BCUT2D eigenvalue weighted by Gasteiger charge is 2.17. The molecule has 1 amide bonds. The zero-order chi connectivity index (χ0) is 15.1. The molecule has 0 atom stereocenters. The second-order valence-electron chi connectivity index (χ2n) is 5.57. The van der Waals surface area contributed by atoms with Gasteiger partial charge in [0.05, 0.1) is 0 Å². The van der Waals surface area contributed by atoms with Crippen molar-refractivity contribution in [3.63, 3.8) is 0 Å². The number of carbonyl (C=O) groups excluding carboxylic acids is 1. The smallest absolute Gasteiger partial charge is 0.262 e. The van der Waals surface area contributed by atoms with Crippen molar-refractivity contribution >= 4 is 12.0 Å². The van der Waals surface area contributed by atoms with Crippen molar-refractivity contribution in [1.82, 2.24) is 5.32 Å². The lowest BCUT2D eigenvalue weighted by molar-refractivity contribution is -0.117. The van der Waals surface area contributed by atoms with E-state index in [1.54, 1.807) is 6.08 Å². The summed E-state index contributed by atoms with van der Waals surface area (Å²) in [4.78, 5) is 12.2. The van der Waals surface area contributed by atoms with Crippen molar-refractivity contribution in [3.05, 3.63) is 41.0 Å². The number of hydrogen-bond acceptors (Lipinski definition) is 2. The van der Waals surface area contributed by atoms with Crippen LogP contribution in [0.3, 0.4) is 0 Å². The monoisotopic (exact) mass is 282 g/mol. The van der Waals surface area contributed by atoms with Crippen LogP contribution in [-0.2, 0) is 11.2 Å². The maximum Gasteiger partial charge on any atom is 0.262 e. The number of aryl methyl sites for hydroxylation is 1. The second kappa shape index (κ2) is 7.64. The molecule has 0 spiro atoms. The highest BCUT2D eigenvalue weighted by molar-refractivity contribution is 6.01. The fourth-order valence-electron chi connectivity index (χ4n) is 2.67. The van der Waals surface area contributed by atoms with Crippen molar-refractivity contribution in [1.29, 1.82) is 5.26 Å². The minimum atomic E-state index is -0.246. The zero-order valence-corrected chi connectivity index (χ0v) is 12.6. The maximum atomic E-state index is 12.2. The molecule has 110 valence electrons. The molecule has 3 nitrogen and oxygen atoms in total. The number of nitrogens with one attached hydrogen (secondary N) is 1. The van der Waals surface area contributed by atoms with E-state index in [1.165, 1.54) is 12.0 Å². The number of nitriles is 1. The lowest BCUT2D eigenvalue weighted by Gasteiger charge is -2.22. The Labute approximate surface area is 126 Å². The summed E-state index contributed by atoms with van der Waals surface area (Å²) in [6, 6.07) is 10.2. The fourth-order valence-corrected chi connectivity index (χ4v) is 2.67. The Balaban J connectivity index is 2.04. The molecule has 0 unspecified atom stereocenters. The minimum absolute atomic E-state index is 0.185. The molecule has 1 aromatic rings. The van der Waals surface area contributed by atoms with Gasteiger partial charge in [0.25, 0.3) is 5.91 Å². The summed E-state index contributed by atoms with van der Waals surface area (Å²) < 4.78 is 0. The third-order valence-corrected chi connectivity index (χ3v) is 4.00. The summed E-state index contributed by atoms with van der Waals surface area (Å²) in [6.07, 6.45) is 8.27. The molecule has 0 bridgehead atoms. The van der Waals surface area contributed by atoms with E-state index in [9.17, 15) is 10.1 Å². The van der Waals surface area contributed by atoms with E-state index in [4.69, 9.17) is 0 Å². The van der Waals surface area contributed by atoms with Crippen LogP contribution in [0.1, 0.15) is 50.2 Å². The molecule has 0 saturated heterocycles. The maximum absolute atomic E-state index is 12.2. The van der Waals surface area contributed by atoms with Gasteiger partial charge in [-0.3, -0.25) is 4.79 Å². The average Bonchev–Trinajstić information content (AvgIpc) is 2.54. The second-order valence-corrected chi connectivity index (χ2v) is 5.57. The molecule has 21 heavy (non-hydrogen) atoms. The van der Waals surface area contributed by atoms with Gasteiger partial charge in [0, 0.05) is 6.04 Å². The summed E-state index contributed by atoms with van der Waals surface area (Å²) in [5, 5.41) is 12.2. The minimum Gasteiger partial charge on any atom is -0.349 e. The molecule has 1 saturated carbocycles. The summed E-state index contributed by atoms with van der Waals surface area (Å²) >= 11 is 0. The number of rotatable bonds is 4. The largest absolute Gasteiger partial charge is 0.349 e. The number of carbonyl (C=O) groups is 1. The molecule has 1 aliphatic carbocycles. The van der Waals surface area contributed by atoms with Crippen molar-refractivity contribution in [3.8, 4) is 6.07 Å². The molecule has 1 N–H and O–H groups in total. The normalized spacial score (nSPS) is 16.3. The van der Waals surface area contributed by atoms with Gasteiger partial charge < -0.3 is 5.32 Å². The number of amides is 1. The molecule has 0 aliphatic heterocycles. The van der Waals surface area contributed by atoms with Gasteiger partial charge in [-0.25, -0.2) is 0 Å². The molecule has 1 aliphatic rings. The van der Waals surface area contributed by atoms with Crippen LogP contribution in [0.15, 0.2) is 29.8 Å². The summed E-state index contributed by atoms with van der Waals surface area (Å²) in [6.45, 7) is 2.10. The van der Waals surface area contributed by atoms with E-state index in [0.29, 0.717) is 0 Å². The van der Waals surface area contributed by atoms with E-state index >= 15 is 0 Å². The Hall–Kier alpha value is -2.08. The zero-order valence-electron chi connectivity index (χ0n) is 12.6. The van der Waals surface area contributed by atoms with Crippen LogP contribution < -0.4 is 5.32 Å². The van der Waals surface area contributed by atoms with E-state index in [1.807, 2.05) is 30.3 Å². The van der Waals surface area contributed by atoms with E-state index in [-0.39, 0.29) is 17.5 Å². The first-order valence-electron chi connectivity index (χ1n) is 7.74. The van der Waals surface area contributed by atoms with E-state index < -0.39 is 0 Å². The Kier molecular flexibility index (Phi) is 5.57. The molecule has 0 heterocycles. The van der Waals surface area contributed by atoms with Crippen molar-refractivity contribution in [2.75, 3.05) is 0 Å². The predicted octanol–water partition coefficient (Wildman–Crippen LogP) is 3.60. The SMILES string of the molecule is CCc1ccc(/C=C(\C#N)C(=O)NC2CCCCC2)cc1. The van der Waals surface area contributed by atoms with Crippen LogP contribution in [-0.4, -0.2) is 11.9 Å². The standard InChI is InChI=1S/C18H22N2O/c1-2-14-8-10-15(11-9-14)12-16(13-19)18(21)20-17-6-4-3-5-7-17/h8-12,17H,2-7H2,1H3,(H,20,21)/b16-12+. The molecule has 1 fully saturated rings. The molecule has 0 aromatic heterocycles. The number of nitrogens with zero attached hydrogens (tertiary/aromatic N) is 1. The van der Waals surface area contributed by atoms with Crippen molar-refractivity contribution in [2.45, 2.75) is 51.5 Å². The van der Waals surface area contributed by atoms with Crippen LogP contribution in [0.2, 0.25) is 0 Å². The molecule has 2 rings (SSSR count). The average molecular weight is 282 g/mol. The quantitative estimate of drug-likeness (QED) is 0.677. The predicted molar refractivity (Wildman–Crippen MR) is 84.4 cm³/mol. The third kappa shape index (κ3) is 4.46. The van der Waals surface area contributed by atoms with Crippen LogP contribution >= 0.6 is 0 Å². The molecular formula is C18H22N2O. The van der Waals surface area contributed by atoms with E-state index in [0.717, 1.165) is 37.7 Å². The van der Waals surface area contributed by atoms with Crippen molar-refractivity contribution in [2.24, 2.45) is 0 Å². The molecule has 3 heteroatoms. The highest BCUT2D eigenvalue weighted by atomic mass is 16.1. The van der Waals surface area contributed by atoms with Crippen LogP contribution in [0.4, 0.5) is 0 Å². The van der Waals surface area contributed by atoms with Gasteiger partial charge in [-0.05, 0) is 36.5 Å².